The average Bonchev–Trinajstić information content (AvgIpc) is 2.92. The van der Waals surface area contributed by atoms with Crippen LogP contribution in [0.5, 0.6) is 5.75 Å². The van der Waals surface area contributed by atoms with Crippen LogP contribution in [0.4, 0.5) is 0 Å². The quantitative estimate of drug-likeness (QED) is 0.860. The zero-order valence-electron chi connectivity index (χ0n) is 13.0. The maximum absolute atomic E-state index is 12.3. The zero-order valence-corrected chi connectivity index (χ0v) is 14.6. The Kier molecular flexibility index (Phi) is 6.98. The molecule has 4 nitrogen and oxygen atoms in total. The molecule has 0 radical (unpaired) electrons. The number of rotatable bonds is 5. The van der Waals surface area contributed by atoms with E-state index in [0.29, 0.717) is 17.3 Å². The Labute approximate surface area is 143 Å². The summed E-state index contributed by atoms with van der Waals surface area (Å²) in [5.74, 6) is 0.530. The van der Waals surface area contributed by atoms with Gasteiger partial charge in [-0.25, -0.2) is 0 Å². The van der Waals surface area contributed by atoms with Crippen molar-refractivity contribution in [2.75, 3.05) is 6.54 Å². The molecule has 0 heterocycles. The number of nitrogens with two attached hydrogens (primary N) is 1. The normalized spacial score (nSPS) is 17.5. The summed E-state index contributed by atoms with van der Waals surface area (Å²) < 4.78 is 5.70. The fourth-order valence-corrected chi connectivity index (χ4v) is 2.86. The molecule has 124 valence electrons. The van der Waals surface area contributed by atoms with Gasteiger partial charge in [0.25, 0.3) is 5.91 Å². The third-order valence-corrected chi connectivity index (χ3v) is 4.58. The Morgan fingerprint density at radius 3 is 2.64 bits per heavy atom. The molecule has 1 aromatic rings. The fraction of sp³-hybridized carbons (Fsp3) is 0.562. The van der Waals surface area contributed by atoms with Gasteiger partial charge >= 0.3 is 0 Å². The first kappa shape index (κ1) is 19.1. The summed E-state index contributed by atoms with van der Waals surface area (Å²) in [7, 11) is 0. The molecule has 0 bridgehead atoms. The number of carbonyl (C=O) groups is 1. The number of benzene rings is 1. The van der Waals surface area contributed by atoms with Gasteiger partial charge < -0.3 is 15.8 Å². The summed E-state index contributed by atoms with van der Waals surface area (Å²) in [6, 6.07) is 5.38. The minimum Gasteiger partial charge on any atom is -0.481 e. The number of ether oxygens (including phenoxy) is 1. The van der Waals surface area contributed by atoms with Crippen molar-refractivity contribution < 1.29 is 9.53 Å². The van der Waals surface area contributed by atoms with E-state index < -0.39 is 6.10 Å². The molecule has 1 fully saturated rings. The molecule has 0 spiro atoms. The zero-order chi connectivity index (χ0) is 15.5. The minimum atomic E-state index is -0.561. The molecule has 0 saturated heterocycles. The van der Waals surface area contributed by atoms with Gasteiger partial charge in [-0.05, 0) is 50.5 Å². The van der Waals surface area contributed by atoms with Gasteiger partial charge in [-0.3, -0.25) is 4.79 Å². The number of hydrogen-bond donors (Lipinski definition) is 2. The van der Waals surface area contributed by atoms with E-state index in [4.69, 9.17) is 22.1 Å². The van der Waals surface area contributed by atoms with Crippen molar-refractivity contribution in [2.24, 2.45) is 5.73 Å². The lowest BCUT2D eigenvalue weighted by Gasteiger charge is -2.30. The highest BCUT2D eigenvalue weighted by Crippen LogP contribution is 2.29. The van der Waals surface area contributed by atoms with Crippen LogP contribution in [0.3, 0.4) is 0 Å². The van der Waals surface area contributed by atoms with Gasteiger partial charge in [0.1, 0.15) is 5.75 Å². The monoisotopic (exact) mass is 346 g/mol. The van der Waals surface area contributed by atoms with E-state index in [1.54, 1.807) is 19.1 Å². The SMILES string of the molecule is Cc1cc(OC(C)C(=O)NC2(CN)CCCC2)ccc1Cl.Cl. The highest BCUT2D eigenvalue weighted by atomic mass is 35.5. The number of nitrogens with one attached hydrogen (secondary N) is 1. The van der Waals surface area contributed by atoms with Crippen LogP contribution in [-0.2, 0) is 4.79 Å². The maximum Gasteiger partial charge on any atom is 0.261 e. The predicted molar refractivity (Wildman–Crippen MR) is 91.9 cm³/mol. The molecule has 3 N–H and O–H groups in total. The van der Waals surface area contributed by atoms with Crippen molar-refractivity contribution in [3.05, 3.63) is 28.8 Å². The second-order valence-corrected chi connectivity index (χ2v) is 6.26. The molecule has 1 amide bonds. The topological polar surface area (TPSA) is 64.3 Å². The number of halogens is 2. The van der Waals surface area contributed by atoms with Gasteiger partial charge in [0.2, 0.25) is 0 Å². The molecule has 0 aliphatic heterocycles. The number of hydrogen-bond acceptors (Lipinski definition) is 3. The molecular formula is C16H24Cl2N2O2. The van der Waals surface area contributed by atoms with Crippen molar-refractivity contribution in [1.82, 2.24) is 5.32 Å². The largest absolute Gasteiger partial charge is 0.481 e. The van der Waals surface area contributed by atoms with Crippen LogP contribution in [0, 0.1) is 6.92 Å². The summed E-state index contributed by atoms with van der Waals surface area (Å²) in [5.41, 5.74) is 6.52. The minimum absolute atomic E-state index is 0. The summed E-state index contributed by atoms with van der Waals surface area (Å²) in [5, 5.41) is 3.76. The molecule has 1 saturated carbocycles. The van der Waals surface area contributed by atoms with E-state index in [-0.39, 0.29) is 23.9 Å². The number of aryl methyl sites for hydroxylation is 1. The Morgan fingerprint density at radius 2 is 2.09 bits per heavy atom. The van der Waals surface area contributed by atoms with E-state index in [0.717, 1.165) is 31.2 Å². The van der Waals surface area contributed by atoms with Gasteiger partial charge in [0.05, 0.1) is 5.54 Å². The van der Waals surface area contributed by atoms with E-state index in [1.165, 1.54) is 0 Å². The fourth-order valence-electron chi connectivity index (χ4n) is 2.74. The van der Waals surface area contributed by atoms with Gasteiger partial charge in [-0.2, -0.15) is 0 Å². The molecule has 1 aliphatic carbocycles. The van der Waals surface area contributed by atoms with Gasteiger partial charge in [-0.15, -0.1) is 12.4 Å². The van der Waals surface area contributed by atoms with Crippen molar-refractivity contribution in [2.45, 2.75) is 51.2 Å². The summed E-state index contributed by atoms with van der Waals surface area (Å²) in [6.45, 7) is 4.13. The highest BCUT2D eigenvalue weighted by molar-refractivity contribution is 6.31. The first-order valence-electron chi connectivity index (χ1n) is 7.41. The maximum atomic E-state index is 12.3. The van der Waals surface area contributed by atoms with Crippen LogP contribution < -0.4 is 15.8 Å². The van der Waals surface area contributed by atoms with Gasteiger partial charge in [0, 0.05) is 11.6 Å². The van der Waals surface area contributed by atoms with Crippen LogP contribution in [0.25, 0.3) is 0 Å². The third-order valence-electron chi connectivity index (χ3n) is 4.15. The highest BCUT2D eigenvalue weighted by Gasteiger charge is 2.35. The van der Waals surface area contributed by atoms with Crippen molar-refractivity contribution in [1.29, 1.82) is 0 Å². The molecule has 1 aliphatic rings. The summed E-state index contributed by atoms with van der Waals surface area (Å²) in [4.78, 5) is 12.3. The summed E-state index contributed by atoms with van der Waals surface area (Å²) >= 11 is 5.98. The Bertz CT molecular complexity index is 517. The Morgan fingerprint density at radius 1 is 1.45 bits per heavy atom. The lowest BCUT2D eigenvalue weighted by Crippen LogP contribution is -2.54. The lowest BCUT2D eigenvalue weighted by molar-refractivity contribution is -0.129. The van der Waals surface area contributed by atoms with E-state index in [9.17, 15) is 4.79 Å². The van der Waals surface area contributed by atoms with Crippen molar-refractivity contribution in [3.63, 3.8) is 0 Å². The van der Waals surface area contributed by atoms with Crippen LogP contribution in [-0.4, -0.2) is 24.1 Å². The van der Waals surface area contributed by atoms with E-state index >= 15 is 0 Å². The lowest BCUT2D eigenvalue weighted by atomic mass is 9.97. The molecular weight excluding hydrogens is 323 g/mol. The molecule has 1 unspecified atom stereocenters. The van der Waals surface area contributed by atoms with Crippen molar-refractivity contribution >= 4 is 29.9 Å². The van der Waals surface area contributed by atoms with E-state index in [1.807, 2.05) is 13.0 Å². The second kappa shape index (κ2) is 8.04. The molecule has 22 heavy (non-hydrogen) atoms. The first-order chi connectivity index (χ1) is 9.96. The van der Waals surface area contributed by atoms with Crippen LogP contribution >= 0.6 is 24.0 Å². The molecule has 1 atom stereocenters. The average molecular weight is 347 g/mol. The number of carbonyl (C=O) groups excluding carboxylic acids is 1. The predicted octanol–water partition coefficient (Wildman–Crippen LogP) is 3.23. The van der Waals surface area contributed by atoms with Crippen LogP contribution in [0.2, 0.25) is 5.02 Å². The molecule has 2 rings (SSSR count). The standard InChI is InChI=1S/C16H23ClN2O2.ClH/c1-11-9-13(5-6-14(11)17)21-12(2)15(20)19-16(10-18)7-3-4-8-16;/h5-6,9,12H,3-4,7-8,10,18H2,1-2H3,(H,19,20);1H. The van der Waals surface area contributed by atoms with Crippen LogP contribution in [0.15, 0.2) is 18.2 Å². The van der Waals surface area contributed by atoms with Crippen molar-refractivity contribution in [3.8, 4) is 5.75 Å². The third kappa shape index (κ3) is 4.51. The molecule has 1 aromatic carbocycles. The van der Waals surface area contributed by atoms with E-state index in [2.05, 4.69) is 5.32 Å². The molecule has 6 heteroatoms. The summed E-state index contributed by atoms with van der Waals surface area (Å²) in [6.07, 6.45) is 3.56. The Balaban J connectivity index is 0.00000242. The number of amides is 1. The second-order valence-electron chi connectivity index (χ2n) is 5.85. The Hall–Kier alpha value is -0.970. The van der Waals surface area contributed by atoms with Gasteiger partial charge in [-0.1, -0.05) is 24.4 Å². The molecule has 0 aromatic heterocycles. The van der Waals surface area contributed by atoms with Crippen LogP contribution in [0.1, 0.15) is 38.2 Å². The first-order valence-corrected chi connectivity index (χ1v) is 7.78. The smallest absolute Gasteiger partial charge is 0.261 e. The van der Waals surface area contributed by atoms with Gasteiger partial charge in [0.15, 0.2) is 6.10 Å².